The molecule has 6 aromatic rings. The molecule has 0 bridgehead atoms. The summed E-state index contributed by atoms with van der Waals surface area (Å²) in [5.74, 6) is 0.243. The van der Waals surface area contributed by atoms with Crippen molar-refractivity contribution in [1.82, 2.24) is 0 Å². The van der Waals surface area contributed by atoms with Gasteiger partial charge in [-0.15, -0.1) is 0 Å². The van der Waals surface area contributed by atoms with Gasteiger partial charge < -0.3 is 16.5 Å². The first-order valence-electron chi connectivity index (χ1n) is 20.0. The number of fused-ring (bicyclic) bond motifs is 1. The Labute approximate surface area is 339 Å². The first kappa shape index (κ1) is 40.1. The molecular weight excluding hydrogens is 691 g/mol. The van der Waals surface area contributed by atoms with Crippen molar-refractivity contribution in [1.29, 1.82) is 5.41 Å². The molecule has 0 radical (unpaired) electrons. The van der Waals surface area contributed by atoms with Crippen LogP contribution in [0.5, 0.6) is 0 Å². The third-order valence-corrected chi connectivity index (χ3v) is 10.6. The molecule has 2 atom stereocenters. The van der Waals surface area contributed by atoms with Crippen molar-refractivity contribution in [3.8, 4) is 11.1 Å². The maximum absolute atomic E-state index is 7.90. The first-order chi connectivity index (χ1) is 28.0. The van der Waals surface area contributed by atoms with E-state index in [1.165, 1.54) is 28.1 Å². The van der Waals surface area contributed by atoms with Crippen LogP contribution < -0.4 is 11.1 Å². The molecule has 0 saturated carbocycles. The molecule has 57 heavy (non-hydrogen) atoms. The lowest BCUT2D eigenvalue weighted by Crippen LogP contribution is -2.11. The molecule has 0 aliphatic heterocycles. The van der Waals surface area contributed by atoms with Crippen LogP contribution in [0.15, 0.2) is 200 Å². The monoisotopic (exact) mass is 743 g/mol. The third kappa shape index (κ3) is 9.29. The Morgan fingerprint density at radius 1 is 0.719 bits per heavy atom. The summed E-state index contributed by atoms with van der Waals surface area (Å²) in [5, 5.41) is 14.0. The van der Waals surface area contributed by atoms with Gasteiger partial charge in [0.05, 0.1) is 0 Å². The van der Waals surface area contributed by atoms with Crippen molar-refractivity contribution >= 4 is 39.4 Å². The van der Waals surface area contributed by atoms with E-state index >= 15 is 0 Å². The molecule has 1 aliphatic carbocycles. The zero-order valence-corrected chi connectivity index (χ0v) is 33.5. The Morgan fingerprint density at radius 2 is 1.35 bits per heavy atom. The second-order valence-corrected chi connectivity index (χ2v) is 13.8. The van der Waals surface area contributed by atoms with E-state index < -0.39 is 0 Å². The Kier molecular flexibility index (Phi) is 13.6. The summed E-state index contributed by atoms with van der Waals surface area (Å²) >= 11 is 0. The smallest absolute Gasteiger partial charge is 0.0496 e. The lowest BCUT2D eigenvalue weighted by atomic mass is 9.83. The SMILES string of the molecule is C=C/C(=C\C)C1C=CC(Nc2ccc(-c3ccc(/C(=C/C(N)c4cccc5ccccc45)c4ccccc4)cc3)cc2)=C(c2cccc(/C(C=N)=C/C)c2)C1.CC. The minimum atomic E-state index is -0.273. The highest BCUT2D eigenvalue weighted by molar-refractivity contribution is 6.08. The summed E-state index contributed by atoms with van der Waals surface area (Å²) in [4.78, 5) is 0. The number of benzene rings is 6. The average molecular weight is 744 g/mol. The van der Waals surface area contributed by atoms with Gasteiger partial charge in [-0.1, -0.05) is 178 Å². The molecule has 3 heteroatoms. The van der Waals surface area contributed by atoms with Crippen LogP contribution >= 0.6 is 0 Å². The van der Waals surface area contributed by atoms with Crippen molar-refractivity contribution in [3.05, 3.63) is 228 Å². The van der Waals surface area contributed by atoms with Gasteiger partial charge in [-0.3, -0.25) is 0 Å². The number of nitrogens with two attached hydrogens (primary N) is 1. The van der Waals surface area contributed by atoms with Crippen LogP contribution in [0, 0.1) is 11.3 Å². The second kappa shape index (κ2) is 19.4. The number of hydrogen-bond donors (Lipinski definition) is 3. The summed E-state index contributed by atoms with van der Waals surface area (Å²) in [6.07, 6.45) is 15.0. The molecular formula is C54H53N3. The fourth-order valence-corrected chi connectivity index (χ4v) is 7.56. The predicted molar refractivity (Wildman–Crippen MR) is 248 cm³/mol. The molecule has 0 spiro atoms. The molecule has 0 amide bonds. The molecule has 4 N–H and O–H groups in total. The predicted octanol–water partition coefficient (Wildman–Crippen LogP) is 14.2. The van der Waals surface area contributed by atoms with Gasteiger partial charge in [0.2, 0.25) is 0 Å². The lowest BCUT2D eigenvalue weighted by Gasteiger charge is -2.25. The molecule has 3 nitrogen and oxygen atoms in total. The van der Waals surface area contributed by atoms with Crippen LogP contribution in [0.2, 0.25) is 0 Å². The van der Waals surface area contributed by atoms with Crippen LogP contribution in [0.3, 0.4) is 0 Å². The molecule has 284 valence electrons. The highest BCUT2D eigenvalue weighted by atomic mass is 14.9. The van der Waals surface area contributed by atoms with E-state index in [0.29, 0.717) is 0 Å². The number of rotatable bonds is 12. The van der Waals surface area contributed by atoms with Gasteiger partial charge in [0.1, 0.15) is 0 Å². The van der Waals surface area contributed by atoms with Crippen molar-refractivity contribution in [3.63, 3.8) is 0 Å². The van der Waals surface area contributed by atoms with Crippen LogP contribution in [0.1, 0.15) is 68.0 Å². The van der Waals surface area contributed by atoms with Crippen molar-refractivity contribution in [2.45, 2.75) is 40.2 Å². The molecule has 6 aromatic carbocycles. The van der Waals surface area contributed by atoms with E-state index in [-0.39, 0.29) is 12.0 Å². The minimum Gasteiger partial charge on any atom is -0.355 e. The zero-order chi connectivity index (χ0) is 40.1. The normalized spacial score (nSPS) is 15.1. The van der Waals surface area contributed by atoms with Gasteiger partial charge in [0, 0.05) is 29.6 Å². The van der Waals surface area contributed by atoms with Gasteiger partial charge in [-0.05, 0) is 117 Å². The molecule has 0 fully saturated rings. The van der Waals surface area contributed by atoms with E-state index in [4.69, 9.17) is 11.1 Å². The van der Waals surface area contributed by atoms with Gasteiger partial charge in [-0.2, -0.15) is 0 Å². The number of anilines is 1. The van der Waals surface area contributed by atoms with E-state index in [2.05, 4.69) is 183 Å². The van der Waals surface area contributed by atoms with Crippen LogP contribution in [0.4, 0.5) is 5.69 Å². The maximum Gasteiger partial charge on any atom is 0.0496 e. The quantitative estimate of drug-likeness (QED) is 0.0863. The van der Waals surface area contributed by atoms with E-state index in [9.17, 15) is 0 Å². The second-order valence-electron chi connectivity index (χ2n) is 13.8. The fourth-order valence-electron chi connectivity index (χ4n) is 7.56. The highest BCUT2D eigenvalue weighted by Gasteiger charge is 2.21. The molecule has 0 aromatic heterocycles. The van der Waals surface area contributed by atoms with Crippen molar-refractivity contribution in [2.75, 3.05) is 5.32 Å². The summed E-state index contributed by atoms with van der Waals surface area (Å²) in [6, 6.07) is 51.0. The minimum absolute atomic E-state index is 0.243. The largest absolute Gasteiger partial charge is 0.355 e. The Hall–Kier alpha value is -6.55. The number of hydrogen-bond acceptors (Lipinski definition) is 3. The molecule has 0 saturated heterocycles. The first-order valence-corrected chi connectivity index (χ1v) is 20.0. The Bertz CT molecular complexity index is 2470. The maximum atomic E-state index is 7.90. The lowest BCUT2D eigenvalue weighted by molar-refractivity contribution is 0.793. The van der Waals surface area contributed by atoms with Gasteiger partial charge in [0.25, 0.3) is 0 Å². The summed E-state index contributed by atoms with van der Waals surface area (Å²) in [6.45, 7) is 12.1. The van der Waals surface area contributed by atoms with Gasteiger partial charge in [-0.25, -0.2) is 0 Å². The molecule has 1 aliphatic rings. The standard InChI is InChI=1S/C52H47N3.C2H6/c1-4-36(5-2)44-28-31-52(50(33-44)45-19-12-18-43(32-45)37(6-3)35-53)55-46-29-26-39(27-30-46)38-22-24-42(25-23-38)49(41-14-8-7-9-15-41)34-51(54)48-21-13-17-40-16-10-11-20-47(40)48;1-2/h4-32,34-35,44,51,53,55H,1,33,54H2,2-3H3;1-2H3/b36-5+,37-6+,49-34+,53-35?;. The van der Waals surface area contributed by atoms with Crippen molar-refractivity contribution in [2.24, 2.45) is 11.7 Å². The highest BCUT2D eigenvalue weighted by Crippen LogP contribution is 2.37. The van der Waals surface area contributed by atoms with Gasteiger partial charge >= 0.3 is 0 Å². The molecule has 7 rings (SSSR count). The molecule has 0 heterocycles. The Morgan fingerprint density at radius 3 is 2.04 bits per heavy atom. The molecule has 2 unspecified atom stereocenters. The summed E-state index contributed by atoms with van der Waals surface area (Å²) < 4.78 is 0. The summed E-state index contributed by atoms with van der Waals surface area (Å²) in [5.41, 5.74) is 21.3. The average Bonchev–Trinajstić information content (AvgIpc) is 3.28. The van der Waals surface area contributed by atoms with E-state index in [1.807, 2.05) is 39.0 Å². The van der Waals surface area contributed by atoms with Crippen LogP contribution in [-0.2, 0) is 0 Å². The van der Waals surface area contributed by atoms with Crippen LogP contribution in [0.25, 0.3) is 38.6 Å². The van der Waals surface area contributed by atoms with E-state index in [1.54, 1.807) is 0 Å². The zero-order valence-electron chi connectivity index (χ0n) is 33.5. The van der Waals surface area contributed by atoms with Crippen LogP contribution in [-0.4, -0.2) is 6.21 Å². The Balaban J connectivity index is 0.00000270. The van der Waals surface area contributed by atoms with E-state index in [0.717, 1.165) is 67.9 Å². The number of allylic oxidation sites excluding steroid dienone is 8. The number of nitrogens with one attached hydrogen (secondary N) is 2. The summed E-state index contributed by atoms with van der Waals surface area (Å²) in [7, 11) is 0. The third-order valence-electron chi connectivity index (χ3n) is 10.6. The topological polar surface area (TPSA) is 61.9 Å². The fraction of sp³-hybridized carbons (Fsp3) is 0.130. The van der Waals surface area contributed by atoms with Gasteiger partial charge in [0.15, 0.2) is 0 Å². The van der Waals surface area contributed by atoms with Crippen molar-refractivity contribution < 1.29 is 0 Å².